The second kappa shape index (κ2) is 7.67. The maximum Gasteiger partial charge on any atom is 0.254 e. The minimum atomic E-state index is 0.0701. The van der Waals surface area contributed by atoms with Gasteiger partial charge in [-0.3, -0.25) is 4.79 Å². The number of ether oxygens (including phenoxy) is 1. The zero-order chi connectivity index (χ0) is 20.5. The van der Waals surface area contributed by atoms with Gasteiger partial charge in [-0.1, -0.05) is 42.5 Å². The second-order valence-electron chi connectivity index (χ2n) is 7.66. The van der Waals surface area contributed by atoms with E-state index in [4.69, 9.17) is 9.73 Å². The van der Waals surface area contributed by atoms with Gasteiger partial charge in [0.1, 0.15) is 17.3 Å². The number of rotatable bonds is 1. The summed E-state index contributed by atoms with van der Waals surface area (Å²) in [5.41, 5.74) is 2.53. The number of carbonyl (C=O) groups is 1. The second-order valence-corrected chi connectivity index (χ2v) is 7.66. The molecule has 0 radical (unpaired) electrons. The summed E-state index contributed by atoms with van der Waals surface area (Å²) in [5, 5.41) is 0. The lowest BCUT2D eigenvalue weighted by molar-refractivity contribution is 0.0581. The summed E-state index contributed by atoms with van der Waals surface area (Å²) in [6.07, 6.45) is 0. The van der Waals surface area contributed by atoms with Crippen LogP contribution < -0.4 is 4.74 Å². The van der Waals surface area contributed by atoms with E-state index >= 15 is 0 Å². The number of carbonyl (C=O) groups excluding carboxylic acids is 1. The number of amidine groups is 1. The lowest BCUT2D eigenvalue weighted by Crippen LogP contribution is -2.55. The fourth-order valence-electron chi connectivity index (χ4n) is 4.11. The summed E-state index contributed by atoms with van der Waals surface area (Å²) >= 11 is 0. The van der Waals surface area contributed by atoms with Crippen LogP contribution >= 0.6 is 0 Å². The van der Waals surface area contributed by atoms with Gasteiger partial charge in [-0.2, -0.15) is 0 Å². The fraction of sp³-hybridized carbons (Fsp3) is 0.200. The number of benzene rings is 3. The highest BCUT2D eigenvalue weighted by atomic mass is 16.5. The third kappa shape index (κ3) is 3.32. The van der Waals surface area contributed by atoms with E-state index in [-0.39, 0.29) is 11.9 Å². The van der Waals surface area contributed by atoms with E-state index in [1.54, 1.807) is 0 Å². The molecule has 2 aliphatic rings. The number of aliphatic imine (C=N–C) groups is 1. The molecule has 1 unspecified atom stereocenters. The molecule has 2 heterocycles. The lowest BCUT2D eigenvalue weighted by atomic mass is 10.1. The summed E-state index contributed by atoms with van der Waals surface area (Å²) in [6, 6.07) is 25.4. The topological polar surface area (TPSA) is 45.1 Å². The molecule has 0 aliphatic carbocycles. The van der Waals surface area contributed by atoms with Crippen LogP contribution in [0.25, 0.3) is 0 Å². The predicted octanol–water partition coefficient (Wildman–Crippen LogP) is 4.72. The van der Waals surface area contributed by atoms with Gasteiger partial charge in [0, 0.05) is 31.2 Å². The largest absolute Gasteiger partial charge is 0.454 e. The van der Waals surface area contributed by atoms with E-state index in [0.717, 1.165) is 40.7 Å². The molecule has 5 nitrogen and oxygen atoms in total. The van der Waals surface area contributed by atoms with Crippen LogP contribution in [-0.2, 0) is 0 Å². The molecule has 0 aromatic heterocycles. The van der Waals surface area contributed by atoms with Gasteiger partial charge in [0.15, 0.2) is 5.75 Å². The molecule has 1 fully saturated rings. The number of hydrogen-bond acceptors (Lipinski definition) is 4. The first kappa shape index (κ1) is 18.4. The maximum atomic E-state index is 13.0. The molecule has 3 aromatic rings. The summed E-state index contributed by atoms with van der Waals surface area (Å²) in [5.74, 6) is 2.54. The SMILES string of the molecule is CC1CN(C2=Nc3ccccc3Oc3ccccc32)CCN1C(=O)c1ccccc1. The van der Waals surface area contributed by atoms with Crippen LogP contribution in [0.3, 0.4) is 0 Å². The van der Waals surface area contributed by atoms with Crippen molar-refractivity contribution >= 4 is 17.4 Å². The first-order chi connectivity index (χ1) is 14.7. The molecule has 0 N–H and O–H groups in total. The van der Waals surface area contributed by atoms with Gasteiger partial charge in [-0.15, -0.1) is 0 Å². The quantitative estimate of drug-likeness (QED) is 0.597. The molecule has 1 saturated heterocycles. The molecule has 5 rings (SSSR count). The molecular formula is C25H23N3O2. The Bertz CT molecular complexity index is 1110. The highest BCUT2D eigenvalue weighted by Gasteiger charge is 2.31. The van der Waals surface area contributed by atoms with Crippen LogP contribution in [0.4, 0.5) is 5.69 Å². The standard InChI is InChI=1S/C25H23N3O2/c1-18-17-27(15-16-28(18)25(29)19-9-3-2-4-10-19)24-20-11-5-7-13-22(20)30-23-14-8-6-12-21(23)26-24/h2-14,18H,15-17H2,1H3. The Labute approximate surface area is 176 Å². The minimum absolute atomic E-state index is 0.0701. The molecular weight excluding hydrogens is 374 g/mol. The lowest BCUT2D eigenvalue weighted by Gasteiger charge is -2.41. The molecule has 3 aromatic carbocycles. The predicted molar refractivity (Wildman–Crippen MR) is 118 cm³/mol. The van der Waals surface area contributed by atoms with Gasteiger partial charge in [0.25, 0.3) is 5.91 Å². The number of nitrogens with zero attached hydrogens (tertiary/aromatic N) is 3. The van der Waals surface area contributed by atoms with Gasteiger partial charge in [-0.05, 0) is 43.3 Å². The molecule has 0 spiro atoms. The zero-order valence-electron chi connectivity index (χ0n) is 16.9. The van der Waals surface area contributed by atoms with Gasteiger partial charge in [0.05, 0.1) is 5.56 Å². The monoisotopic (exact) mass is 397 g/mol. The van der Waals surface area contributed by atoms with Gasteiger partial charge < -0.3 is 14.5 Å². The summed E-state index contributed by atoms with van der Waals surface area (Å²) in [4.78, 5) is 22.2. The van der Waals surface area contributed by atoms with Crippen molar-refractivity contribution in [2.75, 3.05) is 19.6 Å². The highest BCUT2D eigenvalue weighted by Crippen LogP contribution is 2.38. The Morgan fingerprint density at radius 1 is 0.900 bits per heavy atom. The van der Waals surface area contributed by atoms with E-state index < -0.39 is 0 Å². The summed E-state index contributed by atoms with van der Waals surface area (Å²) in [6.45, 7) is 4.19. The molecule has 150 valence electrons. The van der Waals surface area contributed by atoms with Crippen molar-refractivity contribution in [3.05, 3.63) is 90.0 Å². The molecule has 5 heteroatoms. The molecule has 1 atom stereocenters. The first-order valence-corrected chi connectivity index (χ1v) is 10.3. The Hall–Kier alpha value is -3.60. The normalized spacial score (nSPS) is 17.9. The Morgan fingerprint density at radius 3 is 2.40 bits per heavy atom. The van der Waals surface area contributed by atoms with Gasteiger partial charge in [0.2, 0.25) is 0 Å². The van der Waals surface area contributed by atoms with Crippen molar-refractivity contribution in [1.29, 1.82) is 0 Å². The minimum Gasteiger partial charge on any atom is -0.454 e. The van der Waals surface area contributed by atoms with Crippen LogP contribution in [0.15, 0.2) is 83.9 Å². The van der Waals surface area contributed by atoms with Crippen molar-refractivity contribution in [2.45, 2.75) is 13.0 Å². The molecule has 30 heavy (non-hydrogen) atoms. The number of hydrogen-bond donors (Lipinski definition) is 0. The summed E-state index contributed by atoms with van der Waals surface area (Å²) in [7, 11) is 0. The Kier molecular flexibility index (Phi) is 4.71. The average Bonchev–Trinajstić information content (AvgIpc) is 2.96. The zero-order valence-corrected chi connectivity index (χ0v) is 16.9. The molecule has 2 aliphatic heterocycles. The third-order valence-corrected chi connectivity index (χ3v) is 5.65. The van der Waals surface area contributed by atoms with E-state index in [9.17, 15) is 4.79 Å². The molecule has 0 saturated carbocycles. The smallest absolute Gasteiger partial charge is 0.254 e. The van der Waals surface area contributed by atoms with Crippen molar-refractivity contribution < 1.29 is 9.53 Å². The number of para-hydroxylation sites is 3. The van der Waals surface area contributed by atoms with Gasteiger partial charge in [-0.25, -0.2) is 4.99 Å². The van der Waals surface area contributed by atoms with Crippen LogP contribution in [-0.4, -0.2) is 47.2 Å². The van der Waals surface area contributed by atoms with Crippen molar-refractivity contribution in [3.8, 4) is 11.5 Å². The highest BCUT2D eigenvalue weighted by molar-refractivity contribution is 6.04. The fourth-order valence-corrected chi connectivity index (χ4v) is 4.11. The van der Waals surface area contributed by atoms with E-state index in [1.165, 1.54) is 0 Å². The Balaban J connectivity index is 1.45. The average molecular weight is 397 g/mol. The first-order valence-electron chi connectivity index (χ1n) is 10.3. The van der Waals surface area contributed by atoms with Crippen molar-refractivity contribution in [3.63, 3.8) is 0 Å². The third-order valence-electron chi connectivity index (χ3n) is 5.65. The summed E-state index contributed by atoms with van der Waals surface area (Å²) < 4.78 is 6.16. The van der Waals surface area contributed by atoms with Crippen LogP contribution in [0, 0.1) is 0 Å². The van der Waals surface area contributed by atoms with Crippen molar-refractivity contribution in [2.24, 2.45) is 4.99 Å². The number of amides is 1. The van der Waals surface area contributed by atoms with E-state index in [2.05, 4.69) is 11.8 Å². The van der Waals surface area contributed by atoms with E-state index in [1.807, 2.05) is 83.8 Å². The number of fused-ring (bicyclic) bond motifs is 2. The molecule has 1 amide bonds. The number of piperazine rings is 1. The Morgan fingerprint density at radius 2 is 1.60 bits per heavy atom. The van der Waals surface area contributed by atoms with Crippen LogP contribution in [0.2, 0.25) is 0 Å². The van der Waals surface area contributed by atoms with Crippen LogP contribution in [0.5, 0.6) is 11.5 Å². The maximum absolute atomic E-state index is 13.0. The van der Waals surface area contributed by atoms with Crippen LogP contribution in [0.1, 0.15) is 22.8 Å². The van der Waals surface area contributed by atoms with E-state index in [0.29, 0.717) is 13.1 Å². The van der Waals surface area contributed by atoms with Crippen molar-refractivity contribution in [1.82, 2.24) is 9.80 Å². The molecule has 0 bridgehead atoms. The van der Waals surface area contributed by atoms with Gasteiger partial charge >= 0.3 is 0 Å².